The molecule has 1 aliphatic rings. The van der Waals surface area contributed by atoms with Gasteiger partial charge in [-0.15, -0.1) is 6.58 Å². The zero-order valence-electron chi connectivity index (χ0n) is 20.8. The van der Waals surface area contributed by atoms with Crippen LogP contribution in [0.4, 0.5) is 0 Å². The summed E-state index contributed by atoms with van der Waals surface area (Å²) in [6.45, 7) is 23.9. The molecule has 0 radical (unpaired) electrons. The highest BCUT2D eigenvalue weighted by Crippen LogP contribution is 2.29. The van der Waals surface area contributed by atoms with Crippen LogP contribution in [0.25, 0.3) is 22.3 Å². The van der Waals surface area contributed by atoms with Gasteiger partial charge in [-0.2, -0.15) is 0 Å². The minimum atomic E-state index is 0.413. The van der Waals surface area contributed by atoms with Crippen LogP contribution in [0.15, 0.2) is 80.5 Å². The Hall–Kier alpha value is -3.24. The molecule has 2 heterocycles. The van der Waals surface area contributed by atoms with Crippen LogP contribution in [0.3, 0.4) is 0 Å². The van der Waals surface area contributed by atoms with Crippen molar-refractivity contribution < 1.29 is 0 Å². The number of fused-ring (bicyclic) bond motifs is 1. The second-order valence-corrected chi connectivity index (χ2v) is 8.11. The molecular formula is C29H40N4. The molecule has 0 saturated carbocycles. The van der Waals surface area contributed by atoms with E-state index in [2.05, 4.69) is 90.0 Å². The normalized spacial score (nSPS) is 15.6. The topological polar surface area (TPSA) is 48.3 Å². The van der Waals surface area contributed by atoms with Gasteiger partial charge in [0.1, 0.15) is 0 Å². The van der Waals surface area contributed by atoms with Gasteiger partial charge in [-0.05, 0) is 37.1 Å². The Kier molecular flexibility index (Phi) is 10.0. The number of nitrogens with zero attached hydrogens (tertiary/aromatic N) is 2. The van der Waals surface area contributed by atoms with Gasteiger partial charge >= 0.3 is 0 Å². The first-order chi connectivity index (χ1) is 15.9. The van der Waals surface area contributed by atoms with E-state index in [1.54, 1.807) is 6.08 Å². The van der Waals surface area contributed by atoms with Crippen LogP contribution >= 0.6 is 0 Å². The Morgan fingerprint density at radius 2 is 1.79 bits per heavy atom. The Labute approximate surface area is 200 Å². The monoisotopic (exact) mass is 444 g/mol. The quantitative estimate of drug-likeness (QED) is 0.442. The number of allylic oxidation sites excluding steroid dienone is 1. The minimum Gasteiger partial charge on any atom is -0.399 e. The zero-order chi connectivity index (χ0) is 24.4. The molecule has 1 unspecified atom stereocenters. The third kappa shape index (κ3) is 6.62. The lowest BCUT2D eigenvalue weighted by molar-refractivity contribution is 0.123. The first-order valence-electron chi connectivity index (χ1n) is 11.8. The molecule has 3 aromatic rings. The molecule has 1 saturated heterocycles. The standard InChI is InChI=1S/C24H28N4.C3H6.C2H6/c1-17-15-27(16-20-7-5-4-6-8-20)11-12-28(17)19(3)21-9-10-24-22(13-21)23(14-26-24)18(2)25;1-3-2;1-2/h4-10,13-14,17,26H,2-3,11-12,15-16,25H2,1H3;3H,1H2,2H3;1-2H3. The second-order valence-electron chi connectivity index (χ2n) is 8.11. The van der Waals surface area contributed by atoms with Gasteiger partial charge in [-0.1, -0.05) is 69.5 Å². The highest BCUT2D eigenvalue weighted by Gasteiger charge is 2.25. The van der Waals surface area contributed by atoms with Gasteiger partial charge in [0.15, 0.2) is 0 Å². The van der Waals surface area contributed by atoms with E-state index in [4.69, 9.17) is 5.73 Å². The van der Waals surface area contributed by atoms with E-state index in [-0.39, 0.29) is 0 Å². The van der Waals surface area contributed by atoms with E-state index < -0.39 is 0 Å². The highest BCUT2D eigenvalue weighted by molar-refractivity contribution is 5.93. The second kappa shape index (κ2) is 12.7. The largest absolute Gasteiger partial charge is 0.399 e. The van der Waals surface area contributed by atoms with Crippen LogP contribution in [-0.4, -0.2) is 40.5 Å². The predicted molar refractivity (Wildman–Crippen MR) is 146 cm³/mol. The summed E-state index contributed by atoms with van der Waals surface area (Å²) < 4.78 is 0. The Balaban J connectivity index is 0.000000714. The van der Waals surface area contributed by atoms with E-state index in [0.29, 0.717) is 11.7 Å². The third-order valence-electron chi connectivity index (χ3n) is 5.67. The fourth-order valence-electron chi connectivity index (χ4n) is 4.15. The van der Waals surface area contributed by atoms with Crippen molar-refractivity contribution in [1.82, 2.24) is 14.8 Å². The van der Waals surface area contributed by atoms with Gasteiger partial charge in [-0.25, -0.2) is 0 Å². The number of hydrogen-bond acceptors (Lipinski definition) is 3. The third-order valence-corrected chi connectivity index (χ3v) is 5.67. The predicted octanol–water partition coefficient (Wildman–Crippen LogP) is 6.49. The minimum absolute atomic E-state index is 0.413. The van der Waals surface area contributed by atoms with Crippen molar-refractivity contribution >= 4 is 22.3 Å². The maximum Gasteiger partial charge on any atom is 0.0461 e. The number of piperazine rings is 1. The molecule has 2 aromatic carbocycles. The number of H-pyrrole nitrogens is 1. The van der Waals surface area contributed by atoms with Gasteiger partial charge in [0.2, 0.25) is 0 Å². The average molecular weight is 445 g/mol. The molecular weight excluding hydrogens is 404 g/mol. The van der Waals surface area contributed by atoms with Crippen molar-refractivity contribution in [2.45, 2.75) is 40.3 Å². The summed E-state index contributed by atoms with van der Waals surface area (Å²) in [4.78, 5) is 8.21. The molecule has 1 aliphatic heterocycles. The van der Waals surface area contributed by atoms with Gasteiger partial charge in [0, 0.05) is 66.3 Å². The Morgan fingerprint density at radius 3 is 2.39 bits per heavy atom. The number of aromatic nitrogens is 1. The number of rotatable bonds is 5. The molecule has 0 amide bonds. The molecule has 4 rings (SSSR count). The molecule has 0 aliphatic carbocycles. The molecule has 4 nitrogen and oxygen atoms in total. The number of nitrogens with one attached hydrogen (secondary N) is 1. The molecule has 3 N–H and O–H groups in total. The molecule has 1 atom stereocenters. The first-order valence-corrected chi connectivity index (χ1v) is 11.8. The number of hydrogen-bond donors (Lipinski definition) is 2. The van der Waals surface area contributed by atoms with Gasteiger partial charge < -0.3 is 15.6 Å². The lowest BCUT2D eigenvalue weighted by Crippen LogP contribution is -2.50. The molecule has 0 bridgehead atoms. The van der Waals surface area contributed by atoms with Crippen molar-refractivity contribution in [2.75, 3.05) is 19.6 Å². The summed E-state index contributed by atoms with van der Waals surface area (Å²) in [6.07, 6.45) is 3.67. The molecule has 1 aromatic heterocycles. The van der Waals surface area contributed by atoms with Crippen LogP contribution in [0.1, 0.15) is 44.4 Å². The van der Waals surface area contributed by atoms with E-state index in [1.165, 1.54) is 5.56 Å². The van der Waals surface area contributed by atoms with Gasteiger partial charge in [-0.3, -0.25) is 4.90 Å². The maximum absolute atomic E-state index is 5.94. The highest BCUT2D eigenvalue weighted by atomic mass is 15.3. The van der Waals surface area contributed by atoms with Gasteiger partial charge in [0.05, 0.1) is 0 Å². The Bertz CT molecular complexity index is 1050. The van der Waals surface area contributed by atoms with Crippen LogP contribution in [0, 0.1) is 0 Å². The van der Waals surface area contributed by atoms with Crippen molar-refractivity contribution in [1.29, 1.82) is 0 Å². The van der Waals surface area contributed by atoms with Crippen molar-refractivity contribution in [2.24, 2.45) is 5.73 Å². The fourth-order valence-corrected chi connectivity index (χ4v) is 4.15. The summed E-state index contributed by atoms with van der Waals surface area (Å²) in [5.74, 6) is 0. The summed E-state index contributed by atoms with van der Waals surface area (Å²) >= 11 is 0. The van der Waals surface area contributed by atoms with Crippen molar-refractivity contribution in [3.05, 3.63) is 97.2 Å². The number of aromatic amines is 1. The van der Waals surface area contributed by atoms with E-state index in [0.717, 1.165) is 53.9 Å². The summed E-state index contributed by atoms with van der Waals surface area (Å²) in [5.41, 5.74) is 12.1. The van der Waals surface area contributed by atoms with E-state index in [1.807, 2.05) is 27.0 Å². The van der Waals surface area contributed by atoms with Gasteiger partial charge in [0.25, 0.3) is 0 Å². The molecule has 33 heavy (non-hydrogen) atoms. The zero-order valence-corrected chi connectivity index (χ0v) is 20.8. The maximum atomic E-state index is 5.94. The number of benzene rings is 2. The number of nitrogens with two attached hydrogens (primary N) is 1. The lowest BCUT2D eigenvalue weighted by atomic mass is 10.0. The smallest absolute Gasteiger partial charge is 0.0461 e. The van der Waals surface area contributed by atoms with Crippen LogP contribution in [-0.2, 0) is 6.54 Å². The molecule has 0 spiro atoms. The Morgan fingerprint density at radius 1 is 1.12 bits per heavy atom. The van der Waals surface area contributed by atoms with Crippen LogP contribution in [0.5, 0.6) is 0 Å². The average Bonchev–Trinajstić information content (AvgIpc) is 3.25. The van der Waals surface area contributed by atoms with Crippen molar-refractivity contribution in [3.8, 4) is 0 Å². The summed E-state index contributed by atoms with van der Waals surface area (Å²) in [7, 11) is 0. The molecule has 4 heteroatoms. The molecule has 176 valence electrons. The molecule has 1 fully saturated rings. The summed E-state index contributed by atoms with van der Waals surface area (Å²) in [6, 6.07) is 17.5. The lowest BCUT2D eigenvalue weighted by Gasteiger charge is -2.42. The summed E-state index contributed by atoms with van der Waals surface area (Å²) in [5, 5.41) is 1.10. The van der Waals surface area contributed by atoms with Crippen molar-refractivity contribution in [3.63, 3.8) is 0 Å². The fraction of sp³-hybridized carbons (Fsp3) is 0.310. The van der Waals surface area contributed by atoms with E-state index in [9.17, 15) is 0 Å². The van der Waals surface area contributed by atoms with Crippen LogP contribution < -0.4 is 5.73 Å². The SMILES string of the molecule is C=C(N)c1c[nH]c2ccc(C(=C)N3CCN(Cc4ccccc4)CC3C)cc12.C=CC.CC. The first kappa shape index (κ1) is 26.0. The van der Waals surface area contributed by atoms with Crippen LogP contribution in [0.2, 0.25) is 0 Å². The van der Waals surface area contributed by atoms with E-state index >= 15 is 0 Å².